The van der Waals surface area contributed by atoms with E-state index in [-0.39, 0.29) is 10.9 Å². The molecule has 0 atom stereocenters. The van der Waals surface area contributed by atoms with Crippen LogP contribution in [0.4, 0.5) is 17.6 Å². The first-order chi connectivity index (χ1) is 8.29. The molecule has 0 aliphatic rings. The molecule has 0 radical (unpaired) electrons. The highest BCUT2D eigenvalue weighted by atomic mass is 19.4. The van der Waals surface area contributed by atoms with Gasteiger partial charge in [-0.05, 0) is 18.2 Å². The molecule has 1 heterocycles. The van der Waals surface area contributed by atoms with Gasteiger partial charge in [0.15, 0.2) is 0 Å². The van der Waals surface area contributed by atoms with Crippen molar-refractivity contribution in [1.82, 2.24) is 4.98 Å². The van der Waals surface area contributed by atoms with E-state index in [1.165, 1.54) is 0 Å². The number of nitrogens with one attached hydrogen (secondary N) is 1. The number of hydrogen-bond donors (Lipinski definition) is 2. The van der Waals surface area contributed by atoms with Crippen LogP contribution in [0, 0.1) is 5.82 Å². The molecule has 2 aromatic rings. The number of hydrogen-bond acceptors (Lipinski definition) is 1. The average molecular weight is 261 g/mol. The molecule has 1 aromatic heterocycles. The average Bonchev–Trinajstić information content (AvgIpc) is 2.56. The van der Waals surface area contributed by atoms with E-state index in [0.29, 0.717) is 0 Å². The number of halogens is 4. The number of H-pyrrole nitrogens is 1. The summed E-state index contributed by atoms with van der Waals surface area (Å²) >= 11 is 0. The molecule has 0 aliphatic carbocycles. The summed E-state index contributed by atoms with van der Waals surface area (Å²) in [4.78, 5) is 12.7. The maximum atomic E-state index is 13.0. The molecule has 7 heteroatoms. The Labute approximate surface area is 98.0 Å². The molecule has 0 saturated carbocycles. The van der Waals surface area contributed by atoms with Crippen LogP contribution < -0.4 is 0 Å². The van der Waals surface area contributed by atoms with E-state index in [4.69, 9.17) is 5.11 Å². The van der Waals surface area contributed by atoms with E-state index in [2.05, 4.69) is 4.98 Å². The van der Waals surface area contributed by atoms with E-state index in [9.17, 15) is 22.4 Å². The minimum Gasteiger partial charge on any atom is -0.481 e. The maximum Gasteiger partial charge on any atom is 0.431 e. The van der Waals surface area contributed by atoms with Crippen LogP contribution >= 0.6 is 0 Å². The lowest BCUT2D eigenvalue weighted by molar-refractivity contribution is -0.142. The lowest BCUT2D eigenvalue weighted by atomic mass is 10.1. The van der Waals surface area contributed by atoms with E-state index >= 15 is 0 Å². The molecule has 0 amide bonds. The number of aromatic nitrogens is 1. The molecule has 0 spiro atoms. The number of carbonyl (C=O) groups is 1. The first-order valence-electron chi connectivity index (χ1n) is 4.88. The Kier molecular flexibility index (Phi) is 2.76. The summed E-state index contributed by atoms with van der Waals surface area (Å²) in [6.07, 6.45) is -5.53. The summed E-state index contributed by atoms with van der Waals surface area (Å²) in [5.41, 5.74) is -1.55. The van der Waals surface area contributed by atoms with Crippen molar-refractivity contribution in [2.24, 2.45) is 0 Å². The molecule has 0 bridgehead atoms. The Hall–Kier alpha value is -2.05. The quantitative estimate of drug-likeness (QED) is 0.816. The Morgan fingerprint density at radius 1 is 1.33 bits per heavy atom. The van der Waals surface area contributed by atoms with Crippen LogP contribution in [-0.4, -0.2) is 16.1 Å². The summed E-state index contributed by atoms with van der Waals surface area (Å²) in [6, 6.07) is 3.04. The van der Waals surface area contributed by atoms with Crippen molar-refractivity contribution in [2.75, 3.05) is 0 Å². The number of benzene rings is 1. The van der Waals surface area contributed by atoms with Crippen LogP contribution in [0.2, 0.25) is 0 Å². The lowest BCUT2D eigenvalue weighted by Gasteiger charge is -2.06. The van der Waals surface area contributed by atoms with Gasteiger partial charge in [0.2, 0.25) is 0 Å². The third kappa shape index (κ3) is 2.15. The second kappa shape index (κ2) is 4.01. The molecule has 0 saturated heterocycles. The summed E-state index contributed by atoms with van der Waals surface area (Å²) in [5, 5.41) is 8.56. The van der Waals surface area contributed by atoms with Gasteiger partial charge in [0.25, 0.3) is 0 Å². The number of carboxylic acids is 1. The molecule has 0 fully saturated rings. The fourth-order valence-electron chi connectivity index (χ4n) is 1.80. The molecule has 18 heavy (non-hydrogen) atoms. The van der Waals surface area contributed by atoms with Gasteiger partial charge in [-0.1, -0.05) is 0 Å². The van der Waals surface area contributed by atoms with Gasteiger partial charge < -0.3 is 10.1 Å². The van der Waals surface area contributed by atoms with Crippen LogP contribution in [0.25, 0.3) is 10.9 Å². The standard InChI is InChI=1S/C11H7F4NO2/c12-5-1-2-8-6(3-5)7(4-9(17)18)10(16-8)11(13,14)15/h1-3,16H,4H2,(H,17,18). The Morgan fingerprint density at radius 3 is 2.56 bits per heavy atom. The molecule has 0 unspecified atom stereocenters. The van der Waals surface area contributed by atoms with Gasteiger partial charge in [0, 0.05) is 16.5 Å². The van der Waals surface area contributed by atoms with E-state index in [1.807, 2.05) is 0 Å². The number of aliphatic carboxylic acids is 1. The largest absolute Gasteiger partial charge is 0.481 e. The van der Waals surface area contributed by atoms with Gasteiger partial charge in [-0.2, -0.15) is 13.2 Å². The Morgan fingerprint density at radius 2 is 2.00 bits per heavy atom. The Bertz CT molecular complexity index is 615. The Balaban J connectivity index is 2.73. The molecule has 2 rings (SSSR count). The number of rotatable bonds is 2. The van der Waals surface area contributed by atoms with Crippen molar-refractivity contribution < 1.29 is 27.5 Å². The fourth-order valence-corrected chi connectivity index (χ4v) is 1.80. The lowest BCUT2D eigenvalue weighted by Crippen LogP contribution is -2.11. The number of fused-ring (bicyclic) bond motifs is 1. The van der Waals surface area contributed by atoms with Gasteiger partial charge in [0.1, 0.15) is 11.5 Å². The normalized spacial score (nSPS) is 12.0. The molecule has 0 aliphatic heterocycles. The first-order valence-corrected chi connectivity index (χ1v) is 4.88. The molecule has 96 valence electrons. The number of alkyl halides is 3. The van der Waals surface area contributed by atoms with Crippen molar-refractivity contribution in [3.63, 3.8) is 0 Å². The number of aromatic amines is 1. The second-order valence-electron chi connectivity index (χ2n) is 3.74. The van der Waals surface area contributed by atoms with Crippen LogP contribution in [0.3, 0.4) is 0 Å². The zero-order valence-electron chi connectivity index (χ0n) is 8.81. The van der Waals surface area contributed by atoms with Gasteiger partial charge in [-0.3, -0.25) is 4.79 Å². The SMILES string of the molecule is O=C(O)Cc1c(C(F)(F)F)[nH]c2ccc(F)cc12. The van der Waals surface area contributed by atoms with Gasteiger partial charge in [-0.15, -0.1) is 0 Å². The summed E-state index contributed by atoms with van der Waals surface area (Å²) in [6.45, 7) is 0. The molecular weight excluding hydrogens is 254 g/mol. The predicted molar refractivity (Wildman–Crippen MR) is 54.6 cm³/mol. The van der Waals surface area contributed by atoms with Gasteiger partial charge in [-0.25, -0.2) is 4.39 Å². The monoisotopic (exact) mass is 261 g/mol. The van der Waals surface area contributed by atoms with Crippen molar-refractivity contribution in [3.8, 4) is 0 Å². The van der Waals surface area contributed by atoms with Crippen molar-refractivity contribution in [3.05, 3.63) is 35.3 Å². The first kappa shape index (κ1) is 12.4. The number of carboxylic acid groups (broad SMARTS) is 1. The van der Waals surface area contributed by atoms with Crippen LogP contribution in [0.5, 0.6) is 0 Å². The smallest absolute Gasteiger partial charge is 0.431 e. The summed E-state index contributed by atoms with van der Waals surface area (Å²) in [7, 11) is 0. The van der Waals surface area contributed by atoms with Crippen LogP contribution in [0.15, 0.2) is 18.2 Å². The van der Waals surface area contributed by atoms with Crippen molar-refractivity contribution >= 4 is 16.9 Å². The van der Waals surface area contributed by atoms with E-state index in [1.54, 1.807) is 0 Å². The minimum atomic E-state index is -4.71. The van der Waals surface area contributed by atoms with Crippen LogP contribution in [0.1, 0.15) is 11.3 Å². The fraction of sp³-hybridized carbons (Fsp3) is 0.182. The summed E-state index contributed by atoms with van der Waals surface area (Å²) < 4.78 is 51.2. The maximum absolute atomic E-state index is 13.0. The van der Waals surface area contributed by atoms with Gasteiger partial charge >= 0.3 is 12.1 Å². The van der Waals surface area contributed by atoms with Crippen LogP contribution in [-0.2, 0) is 17.4 Å². The van der Waals surface area contributed by atoms with E-state index in [0.717, 1.165) is 18.2 Å². The van der Waals surface area contributed by atoms with Crippen molar-refractivity contribution in [2.45, 2.75) is 12.6 Å². The third-order valence-corrected chi connectivity index (χ3v) is 2.48. The molecular formula is C11H7F4NO2. The predicted octanol–water partition coefficient (Wildman–Crippen LogP) is 2.95. The zero-order valence-corrected chi connectivity index (χ0v) is 8.81. The molecule has 2 N–H and O–H groups in total. The molecule has 1 aromatic carbocycles. The van der Waals surface area contributed by atoms with E-state index < -0.39 is 35.6 Å². The zero-order chi connectivity index (χ0) is 13.5. The molecule has 3 nitrogen and oxygen atoms in total. The second-order valence-corrected chi connectivity index (χ2v) is 3.74. The topological polar surface area (TPSA) is 53.1 Å². The minimum absolute atomic E-state index is 0.0555. The highest BCUT2D eigenvalue weighted by Crippen LogP contribution is 2.35. The van der Waals surface area contributed by atoms with Crippen molar-refractivity contribution in [1.29, 1.82) is 0 Å². The van der Waals surface area contributed by atoms with Gasteiger partial charge in [0.05, 0.1) is 6.42 Å². The third-order valence-electron chi connectivity index (χ3n) is 2.48. The summed E-state index contributed by atoms with van der Waals surface area (Å²) in [5.74, 6) is -2.13. The highest BCUT2D eigenvalue weighted by molar-refractivity contribution is 5.88. The highest BCUT2D eigenvalue weighted by Gasteiger charge is 2.36.